The lowest BCUT2D eigenvalue weighted by atomic mass is 9.87. The van der Waals surface area contributed by atoms with Gasteiger partial charge in [0.1, 0.15) is 5.82 Å². The molecule has 1 fully saturated rings. The lowest BCUT2D eigenvalue weighted by molar-refractivity contribution is -0.140. The van der Waals surface area contributed by atoms with Gasteiger partial charge in [-0.05, 0) is 30.0 Å². The van der Waals surface area contributed by atoms with E-state index < -0.39 is 5.82 Å². The number of nitrogens with one attached hydrogen (secondary N) is 2. The maximum absolute atomic E-state index is 13.9. The molecule has 0 aliphatic carbocycles. The Morgan fingerprint density at radius 2 is 2.28 bits per heavy atom. The molecule has 3 atom stereocenters. The molecule has 1 aromatic carbocycles. The van der Waals surface area contributed by atoms with Gasteiger partial charge in [-0.3, -0.25) is 9.63 Å². The maximum atomic E-state index is 13.9. The summed E-state index contributed by atoms with van der Waals surface area (Å²) in [6.07, 6.45) is 0.237. The van der Waals surface area contributed by atoms with Gasteiger partial charge in [0.25, 0.3) is 0 Å². The van der Waals surface area contributed by atoms with Crippen LogP contribution in [0.4, 0.5) is 4.39 Å². The average Bonchev–Trinajstić information content (AvgIpc) is 2.79. The van der Waals surface area contributed by atoms with Crippen LogP contribution in [0.3, 0.4) is 0 Å². The van der Waals surface area contributed by atoms with Gasteiger partial charge >= 0.3 is 0 Å². The second-order valence-electron chi connectivity index (χ2n) is 6.72. The summed E-state index contributed by atoms with van der Waals surface area (Å²) in [6, 6.07) is 4.79. The second-order valence-corrected chi connectivity index (χ2v) is 7.13. The number of amides is 1. The van der Waals surface area contributed by atoms with Gasteiger partial charge in [-0.15, -0.1) is 0 Å². The molecule has 1 aliphatic heterocycles. The first-order valence-electron chi connectivity index (χ1n) is 8.58. The van der Waals surface area contributed by atoms with Gasteiger partial charge in [-0.1, -0.05) is 31.5 Å². The van der Waals surface area contributed by atoms with Crippen molar-refractivity contribution in [1.82, 2.24) is 10.8 Å². The first-order valence-corrected chi connectivity index (χ1v) is 8.95. The molecule has 1 amide bonds. The zero-order valence-corrected chi connectivity index (χ0v) is 15.6. The Balaban J connectivity index is 2.17. The van der Waals surface area contributed by atoms with E-state index in [1.807, 2.05) is 13.8 Å². The molecule has 7 heteroatoms. The zero-order chi connectivity index (χ0) is 18.4. The van der Waals surface area contributed by atoms with Crippen LogP contribution >= 0.6 is 11.6 Å². The quantitative estimate of drug-likeness (QED) is 0.753. The van der Waals surface area contributed by atoms with Crippen LogP contribution in [0.15, 0.2) is 18.2 Å². The average molecular weight is 373 g/mol. The number of hydroxylamine groups is 1. The van der Waals surface area contributed by atoms with Crippen molar-refractivity contribution in [1.29, 1.82) is 0 Å². The molecule has 2 N–H and O–H groups in total. The lowest BCUT2D eigenvalue weighted by Crippen LogP contribution is -2.36. The summed E-state index contributed by atoms with van der Waals surface area (Å²) in [5.41, 5.74) is 3.19. The largest absolute Gasteiger partial charge is 0.372 e. The minimum absolute atomic E-state index is 0.0734. The monoisotopic (exact) mass is 372 g/mol. The number of carbonyl (C=O) groups is 1. The number of ether oxygens (including phenoxy) is 1. The van der Waals surface area contributed by atoms with Crippen LogP contribution in [0.2, 0.25) is 5.02 Å². The Morgan fingerprint density at radius 1 is 1.52 bits per heavy atom. The van der Waals surface area contributed by atoms with Crippen LogP contribution in [0.1, 0.15) is 38.9 Å². The summed E-state index contributed by atoms with van der Waals surface area (Å²) in [5.74, 6) is -0.409. The molecule has 0 spiro atoms. The predicted molar refractivity (Wildman–Crippen MR) is 94.6 cm³/mol. The van der Waals surface area contributed by atoms with Gasteiger partial charge in [0.15, 0.2) is 0 Å². The molecule has 0 bridgehead atoms. The van der Waals surface area contributed by atoms with Crippen molar-refractivity contribution in [2.45, 2.75) is 39.4 Å². The molecule has 25 heavy (non-hydrogen) atoms. The van der Waals surface area contributed by atoms with Crippen molar-refractivity contribution in [3.05, 3.63) is 34.6 Å². The highest BCUT2D eigenvalue weighted by Gasteiger charge is 2.31. The number of halogens is 2. The summed E-state index contributed by atoms with van der Waals surface area (Å²) in [6.45, 7) is 7.49. The molecule has 140 valence electrons. The molecule has 1 aliphatic rings. The number of benzene rings is 1. The molecule has 1 saturated heterocycles. The normalized spacial score (nSPS) is 22.5. The number of carbonyl (C=O) groups excluding carboxylic acids is 1. The van der Waals surface area contributed by atoms with E-state index in [9.17, 15) is 9.18 Å². The molecular formula is C18H26ClFN2O3. The fraction of sp³-hybridized carbons (Fsp3) is 0.611. The van der Waals surface area contributed by atoms with Crippen LogP contribution < -0.4 is 10.8 Å². The molecule has 0 aromatic heterocycles. The lowest BCUT2D eigenvalue weighted by Gasteiger charge is -2.30. The van der Waals surface area contributed by atoms with Gasteiger partial charge < -0.3 is 10.1 Å². The van der Waals surface area contributed by atoms with E-state index >= 15 is 0 Å². The predicted octanol–water partition coefficient (Wildman–Crippen LogP) is 3.24. The number of rotatable bonds is 6. The van der Waals surface area contributed by atoms with Crippen molar-refractivity contribution in [2.75, 3.05) is 19.7 Å². The van der Waals surface area contributed by atoms with E-state index in [2.05, 4.69) is 10.8 Å². The van der Waals surface area contributed by atoms with E-state index in [0.29, 0.717) is 13.0 Å². The summed E-state index contributed by atoms with van der Waals surface area (Å²) >= 11 is 5.80. The van der Waals surface area contributed by atoms with Crippen molar-refractivity contribution in [3.8, 4) is 0 Å². The standard InChI is InChI=1S/C18H26ClFN2O3/c1-11(2)17(25-22-12(3)23)9-14-10-21-6-7-24-18(14)13-4-5-15(19)16(20)8-13/h4-5,8,11,14,17-18,21H,6-7,9-10H2,1-3H3,(H,22,23)/t14-,17?,18-/m0/s1. The molecule has 1 unspecified atom stereocenters. The van der Waals surface area contributed by atoms with Crippen molar-refractivity contribution >= 4 is 17.5 Å². The maximum Gasteiger partial charge on any atom is 0.240 e. The molecule has 0 saturated carbocycles. The Bertz CT molecular complexity index is 585. The SMILES string of the molecule is CC(=O)NOC(C[C@H]1CNCCO[C@H]1c1ccc(Cl)c(F)c1)C(C)C. The van der Waals surface area contributed by atoms with Gasteiger partial charge in [-0.25, -0.2) is 9.87 Å². The molecular weight excluding hydrogens is 347 g/mol. The first kappa shape index (κ1) is 20.1. The van der Waals surface area contributed by atoms with E-state index in [0.717, 1.165) is 18.7 Å². The van der Waals surface area contributed by atoms with E-state index in [1.54, 1.807) is 12.1 Å². The summed E-state index contributed by atoms with van der Waals surface area (Å²) in [5, 5.41) is 3.44. The molecule has 5 nitrogen and oxygen atoms in total. The Hall–Kier alpha value is -1.21. The van der Waals surface area contributed by atoms with E-state index in [-0.39, 0.29) is 35.0 Å². The van der Waals surface area contributed by atoms with E-state index in [1.165, 1.54) is 13.0 Å². The molecule has 2 rings (SSSR count). The van der Waals surface area contributed by atoms with Crippen LogP contribution in [0.5, 0.6) is 0 Å². The number of hydrogen-bond acceptors (Lipinski definition) is 4. The molecule has 1 aromatic rings. The van der Waals surface area contributed by atoms with Crippen LogP contribution in [0, 0.1) is 17.7 Å². The minimum atomic E-state index is -0.450. The Kier molecular flexibility index (Phi) is 7.62. The highest BCUT2D eigenvalue weighted by Crippen LogP contribution is 2.33. The topological polar surface area (TPSA) is 59.6 Å². The van der Waals surface area contributed by atoms with E-state index in [4.69, 9.17) is 21.2 Å². The van der Waals surface area contributed by atoms with Gasteiger partial charge in [0.05, 0.1) is 23.8 Å². The van der Waals surface area contributed by atoms with Crippen molar-refractivity contribution in [2.24, 2.45) is 11.8 Å². The third-order valence-corrected chi connectivity index (χ3v) is 4.62. The summed E-state index contributed by atoms with van der Waals surface area (Å²) in [4.78, 5) is 16.7. The first-order chi connectivity index (χ1) is 11.9. The Morgan fingerprint density at radius 3 is 2.92 bits per heavy atom. The highest BCUT2D eigenvalue weighted by atomic mass is 35.5. The fourth-order valence-corrected chi connectivity index (χ4v) is 3.08. The van der Waals surface area contributed by atoms with Gasteiger partial charge in [-0.2, -0.15) is 0 Å². The van der Waals surface area contributed by atoms with Crippen LogP contribution in [-0.4, -0.2) is 31.7 Å². The van der Waals surface area contributed by atoms with Crippen molar-refractivity contribution < 1.29 is 18.8 Å². The Labute approximate surface area is 153 Å². The van der Waals surface area contributed by atoms with Crippen molar-refractivity contribution in [3.63, 3.8) is 0 Å². The third-order valence-electron chi connectivity index (χ3n) is 4.32. The zero-order valence-electron chi connectivity index (χ0n) is 14.9. The third kappa shape index (κ3) is 5.92. The number of hydrogen-bond donors (Lipinski definition) is 2. The van der Waals surface area contributed by atoms with Gasteiger partial charge in [0.2, 0.25) is 5.91 Å². The highest BCUT2D eigenvalue weighted by molar-refractivity contribution is 6.30. The summed E-state index contributed by atoms with van der Waals surface area (Å²) < 4.78 is 19.9. The van der Waals surface area contributed by atoms with Crippen LogP contribution in [-0.2, 0) is 14.4 Å². The minimum Gasteiger partial charge on any atom is -0.372 e. The second kappa shape index (κ2) is 9.48. The summed E-state index contributed by atoms with van der Waals surface area (Å²) in [7, 11) is 0. The fourth-order valence-electron chi connectivity index (χ4n) is 2.97. The smallest absolute Gasteiger partial charge is 0.240 e. The van der Waals surface area contributed by atoms with Crippen LogP contribution in [0.25, 0.3) is 0 Å². The molecule has 0 radical (unpaired) electrons. The van der Waals surface area contributed by atoms with Gasteiger partial charge in [0, 0.05) is 25.9 Å². The molecule has 1 heterocycles.